The molecule has 2 aromatic carbocycles. The van der Waals surface area contributed by atoms with Gasteiger partial charge in [-0.3, -0.25) is 9.36 Å². The molecule has 27 heavy (non-hydrogen) atoms. The van der Waals surface area contributed by atoms with Gasteiger partial charge in [-0.1, -0.05) is 19.1 Å². The highest BCUT2D eigenvalue weighted by Gasteiger charge is 2.30. The van der Waals surface area contributed by atoms with Crippen LogP contribution in [0.2, 0.25) is 0 Å². The van der Waals surface area contributed by atoms with E-state index in [2.05, 4.69) is 4.98 Å². The topological polar surface area (TPSA) is 60.9 Å². The number of nitrogens with two attached hydrogens (primary N) is 1. The van der Waals surface area contributed by atoms with E-state index in [0.717, 1.165) is 33.9 Å². The number of thioether (sulfide) groups is 1. The van der Waals surface area contributed by atoms with Crippen LogP contribution >= 0.6 is 11.8 Å². The number of hydrogen-bond acceptors (Lipinski definition) is 4. The quantitative estimate of drug-likeness (QED) is 0.665. The highest BCUT2D eigenvalue weighted by Crippen LogP contribution is 2.30. The van der Waals surface area contributed by atoms with Crippen LogP contribution in [0.5, 0.6) is 0 Å². The summed E-state index contributed by atoms with van der Waals surface area (Å²) in [6.45, 7) is 2.66. The van der Waals surface area contributed by atoms with Gasteiger partial charge in [0.15, 0.2) is 0 Å². The first-order chi connectivity index (χ1) is 12.8. The monoisotopic (exact) mass is 393 g/mol. The molecule has 0 radical (unpaired) electrons. The Morgan fingerprint density at radius 3 is 2.63 bits per heavy atom. The Bertz CT molecular complexity index is 1030. The van der Waals surface area contributed by atoms with E-state index in [9.17, 15) is 18.0 Å². The van der Waals surface area contributed by atoms with Gasteiger partial charge in [0, 0.05) is 11.4 Å². The minimum absolute atomic E-state index is 0.0457. The average molecular weight is 393 g/mol. The number of fused-ring (bicyclic) bond motifs is 1. The zero-order valence-corrected chi connectivity index (χ0v) is 15.4. The van der Waals surface area contributed by atoms with Crippen molar-refractivity contribution < 1.29 is 13.2 Å². The van der Waals surface area contributed by atoms with Gasteiger partial charge in [-0.15, -0.1) is 11.8 Å². The summed E-state index contributed by atoms with van der Waals surface area (Å²) in [7, 11) is 0. The molecule has 8 heteroatoms. The summed E-state index contributed by atoms with van der Waals surface area (Å²) in [5.74, 6) is 0.848. The fraction of sp³-hybridized carbons (Fsp3) is 0.263. The number of aromatic nitrogens is 2. The maximum absolute atomic E-state index is 13.0. The van der Waals surface area contributed by atoms with Gasteiger partial charge in [-0.05, 0) is 41.1 Å². The van der Waals surface area contributed by atoms with E-state index in [0.29, 0.717) is 6.54 Å². The molecule has 0 fully saturated rings. The van der Waals surface area contributed by atoms with Crippen molar-refractivity contribution in [1.29, 1.82) is 0 Å². The minimum Gasteiger partial charge on any atom is -0.326 e. The predicted molar refractivity (Wildman–Crippen MR) is 101 cm³/mol. The lowest BCUT2D eigenvalue weighted by Crippen LogP contribution is -2.22. The van der Waals surface area contributed by atoms with Crippen molar-refractivity contribution in [3.8, 4) is 0 Å². The molecule has 1 aromatic heterocycles. The first-order valence-corrected chi connectivity index (χ1v) is 9.33. The summed E-state index contributed by atoms with van der Waals surface area (Å²) in [6.07, 6.45) is -3.14. The van der Waals surface area contributed by atoms with E-state index in [1.54, 1.807) is 11.8 Å². The van der Waals surface area contributed by atoms with Crippen LogP contribution in [0.1, 0.15) is 23.6 Å². The molecule has 0 amide bonds. The zero-order valence-electron chi connectivity index (χ0n) is 14.6. The third-order valence-electron chi connectivity index (χ3n) is 4.16. The van der Waals surface area contributed by atoms with E-state index in [1.807, 2.05) is 25.1 Å². The summed E-state index contributed by atoms with van der Waals surface area (Å²) in [6, 6.07) is 8.77. The lowest BCUT2D eigenvalue weighted by molar-refractivity contribution is -0.137. The number of benzene rings is 2. The van der Waals surface area contributed by atoms with Crippen LogP contribution in [-0.4, -0.2) is 15.3 Å². The van der Waals surface area contributed by atoms with Crippen LogP contribution < -0.4 is 11.3 Å². The van der Waals surface area contributed by atoms with Crippen LogP contribution in [-0.2, 0) is 19.3 Å². The molecule has 0 saturated carbocycles. The third kappa shape index (κ3) is 4.17. The molecular weight excluding hydrogens is 375 g/mol. The third-order valence-corrected chi connectivity index (χ3v) is 5.14. The molecule has 0 atom stereocenters. The first kappa shape index (κ1) is 19.4. The lowest BCUT2D eigenvalue weighted by Gasteiger charge is -2.13. The molecule has 4 nitrogen and oxygen atoms in total. The van der Waals surface area contributed by atoms with Gasteiger partial charge in [-0.2, -0.15) is 13.2 Å². The fourth-order valence-corrected chi connectivity index (χ4v) is 3.64. The molecule has 1 heterocycles. The number of alkyl halides is 3. The van der Waals surface area contributed by atoms with Crippen molar-refractivity contribution in [2.24, 2.45) is 5.73 Å². The van der Waals surface area contributed by atoms with Crippen LogP contribution in [0.25, 0.3) is 10.9 Å². The van der Waals surface area contributed by atoms with E-state index >= 15 is 0 Å². The Hall–Kier alpha value is -2.32. The molecule has 142 valence electrons. The van der Waals surface area contributed by atoms with Crippen LogP contribution in [0.15, 0.2) is 52.4 Å². The van der Waals surface area contributed by atoms with E-state index in [4.69, 9.17) is 5.73 Å². The predicted octanol–water partition coefficient (Wildman–Crippen LogP) is 4.03. The van der Waals surface area contributed by atoms with Crippen molar-refractivity contribution in [1.82, 2.24) is 9.55 Å². The standard InChI is InChI=1S/C19H18F3N3OS/c1-2-27-17-7-12(9-23)3-4-13(17)10-25-11-24-16-6-5-14(19(20,21)22)8-15(16)18(25)26/h3-8,11H,2,9-10,23H2,1H3. The van der Waals surface area contributed by atoms with Gasteiger partial charge in [0.05, 0.1) is 29.3 Å². The smallest absolute Gasteiger partial charge is 0.326 e. The largest absolute Gasteiger partial charge is 0.416 e. The lowest BCUT2D eigenvalue weighted by atomic mass is 10.1. The van der Waals surface area contributed by atoms with Crippen molar-refractivity contribution in [2.75, 3.05) is 5.75 Å². The molecule has 2 N–H and O–H groups in total. The highest BCUT2D eigenvalue weighted by atomic mass is 32.2. The zero-order chi connectivity index (χ0) is 19.6. The van der Waals surface area contributed by atoms with Crippen molar-refractivity contribution in [3.05, 3.63) is 69.8 Å². The van der Waals surface area contributed by atoms with Gasteiger partial charge in [-0.25, -0.2) is 4.98 Å². The SMILES string of the molecule is CCSc1cc(CN)ccc1Cn1cnc2ccc(C(F)(F)F)cc2c1=O. The molecular formula is C19H18F3N3OS. The number of nitrogens with zero attached hydrogens (tertiary/aromatic N) is 2. The Labute approximate surface area is 158 Å². The first-order valence-electron chi connectivity index (χ1n) is 8.34. The minimum atomic E-state index is -4.51. The number of rotatable bonds is 5. The molecule has 0 bridgehead atoms. The molecule has 0 aliphatic rings. The number of halogens is 3. The second-order valence-electron chi connectivity index (χ2n) is 5.99. The maximum atomic E-state index is 13.0. The summed E-state index contributed by atoms with van der Waals surface area (Å²) in [4.78, 5) is 17.9. The van der Waals surface area contributed by atoms with Gasteiger partial charge in [0.1, 0.15) is 0 Å². The van der Waals surface area contributed by atoms with Gasteiger partial charge < -0.3 is 5.73 Å². The van der Waals surface area contributed by atoms with Crippen LogP contribution in [0.4, 0.5) is 13.2 Å². The molecule has 0 saturated heterocycles. The summed E-state index contributed by atoms with van der Waals surface area (Å²) >= 11 is 1.63. The normalized spacial score (nSPS) is 11.9. The molecule has 0 aliphatic carbocycles. The second-order valence-corrected chi connectivity index (χ2v) is 7.29. The van der Waals surface area contributed by atoms with E-state index in [1.165, 1.54) is 17.0 Å². The van der Waals surface area contributed by atoms with Crippen molar-refractivity contribution in [2.45, 2.75) is 31.1 Å². The van der Waals surface area contributed by atoms with Gasteiger partial charge in [0.2, 0.25) is 0 Å². The highest BCUT2D eigenvalue weighted by molar-refractivity contribution is 7.99. The second kappa shape index (κ2) is 7.74. The fourth-order valence-electron chi connectivity index (χ4n) is 2.78. The Kier molecular flexibility index (Phi) is 5.57. The summed E-state index contributed by atoms with van der Waals surface area (Å²) < 4.78 is 40.2. The van der Waals surface area contributed by atoms with Crippen LogP contribution in [0, 0.1) is 0 Å². The van der Waals surface area contributed by atoms with E-state index < -0.39 is 17.3 Å². The molecule has 0 aliphatic heterocycles. The Balaban J connectivity index is 2.05. The maximum Gasteiger partial charge on any atom is 0.416 e. The molecule has 3 rings (SSSR count). The van der Waals surface area contributed by atoms with Crippen molar-refractivity contribution in [3.63, 3.8) is 0 Å². The Morgan fingerprint density at radius 2 is 1.96 bits per heavy atom. The van der Waals surface area contributed by atoms with Crippen LogP contribution in [0.3, 0.4) is 0 Å². The van der Waals surface area contributed by atoms with E-state index in [-0.39, 0.29) is 17.4 Å². The van der Waals surface area contributed by atoms with Crippen molar-refractivity contribution >= 4 is 22.7 Å². The molecule has 3 aromatic rings. The van der Waals surface area contributed by atoms with Gasteiger partial charge >= 0.3 is 6.18 Å². The summed E-state index contributed by atoms with van der Waals surface area (Å²) in [5, 5.41) is -0.0457. The number of hydrogen-bond donors (Lipinski definition) is 1. The molecule has 0 unspecified atom stereocenters. The average Bonchev–Trinajstić information content (AvgIpc) is 2.64. The Morgan fingerprint density at radius 1 is 1.19 bits per heavy atom. The van der Waals surface area contributed by atoms with Gasteiger partial charge in [0.25, 0.3) is 5.56 Å². The summed E-state index contributed by atoms with van der Waals surface area (Å²) in [5.41, 5.74) is 6.45. The molecule has 0 spiro atoms.